The zero-order valence-corrected chi connectivity index (χ0v) is 18.8. The van der Waals surface area contributed by atoms with Crippen LogP contribution < -0.4 is 0 Å². The molecule has 1 rings (SSSR count). The Morgan fingerprint density at radius 1 is 0.767 bits per heavy atom. The summed E-state index contributed by atoms with van der Waals surface area (Å²) in [6, 6.07) is 0. The van der Waals surface area contributed by atoms with E-state index in [1.165, 1.54) is 13.8 Å². The minimum absolute atomic E-state index is 0.212. The third-order valence-electron chi connectivity index (χ3n) is 4.07. The number of hydrogen-bond acceptors (Lipinski definition) is 10. The molecule has 0 aliphatic carbocycles. The van der Waals surface area contributed by atoms with Gasteiger partial charge in [-0.3, -0.25) is 24.1 Å². The van der Waals surface area contributed by atoms with Gasteiger partial charge in [0.25, 0.3) is 0 Å². The predicted molar refractivity (Wildman–Crippen MR) is 105 cm³/mol. The summed E-state index contributed by atoms with van der Waals surface area (Å²) < 4.78 is 27.2. The number of carbonyl (C=O) groups is 4. The van der Waals surface area contributed by atoms with Crippen LogP contribution in [0.25, 0.3) is 0 Å². The molecule has 0 saturated carbocycles. The summed E-state index contributed by atoms with van der Waals surface area (Å²) >= 11 is 11.8. The molecule has 30 heavy (non-hydrogen) atoms. The lowest BCUT2D eigenvalue weighted by atomic mass is 9.96. The van der Waals surface area contributed by atoms with E-state index in [0.29, 0.717) is 13.1 Å². The van der Waals surface area contributed by atoms with Gasteiger partial charge in [-0.2, -0.15) is 0 Å². The summed E-state index contributed by atoms with van der Waals surface area (Å²) in [5.74, 6) is -2.20. The highest BCUT2D eigenvalue weighted by molar-refractivity contribution is 6.18. The molecule has 1 heterocycles. The SMILES string of the molecule is CC(=O)OC[C@H]1OC(N(CCCl)CCCl)[C@H](OC(C)=O)[C@@H](OC(C)=O)[C@@H]1OC(C)=O. The zero-order valence-electron chi connectivity index (χ0n) is 17.3. The van der Waals surface area contributed by atoms with Crippen LogP contribution in [-0.2, 0) is 42.9 Å². The molecule has 0 spiro atoms. The molecule has 0 radical (unpaired) electrons. The van der Waals surface area contributed by atoms with Crippen molar-refractivity contribution >= 4 is 47.1 Å². The molecule has 1 unspecified atom stereocenters. The average molecular weight is 472 g/mol. The first kappa shape index (κ1) is 26.4. The lowest BCUT2D eigenvalue weighted by Gasteiger charge is -2.47. The van der Waals surface area contributed by atoms with Gasteiger partial charge in [0.2, 0.25) is 0 Å². The van der Waals surface area contributed by atoms with E-state index in [0.717, 1.165) is 13.8 Å². The van der Waals surface area contributed by atoms with Crippen molar-refractivity contribution in [3.63, 3.8) is 0 Å². The third kappa shape index (κ3) is 8.25. The molecule has 0 aromatic rings. The van der Waals surface area contributed by atoms with E-state index in [1.54, 1.807) is 4.90 Å². The minimum atomic E-state index is -1.22. The number of nitrogens with zero attached hydrogens (tertiary/aromatic N) is 1. The van der Waals surface area contributed by atoms with Crippen molar-refractivity contribution in [2.24, 2.45) is 0 Å². The molecule has 0 amide bonds. The van der Waals surface area contributed by atoms with Crippen LogP contribution in [0.2, 0.25) is 0 Å². The summed E-state index contributed by atoms with van der Waals surface area (Å²) in [6.45, 7) is 5.04. The van der Waals surface area contributed by atoms with Gasteiger partial charge in [-0.05, 0) is 0 Å². The third-order valence-corrected chi connectivity index (χ3v) is 4.41. The molecule has 172 valence electrons. The molecule has 0 bridgehead atoms. The quantitative estimate of drug-likeness (QED) is 0.257. The molecule has 5 atom stereocenters. The average Bonchev–Trinajstić information content (AvgIpc) is 2.62. The van der Waals surface area contributed by atoms with E-state index in [4.69, 9.17) is 46.9 Å². The second-order valence-corrected chi connectivity index (χ2v) is 7.26. The molecule has 1 fully saturated rings. The van der Waals surface area contributed by atoms with Crippen LogP contribution in [0, 0.1) is 0 Å². The van der Waals surface area contributed by atoms with Gasteiger partial charge in [0.1, 0.15) is 12.7 Å². The zero-order chi connectivity index (χ0) is 22.8. The lowest BCUT2D eigenvalue weighted by molar-refractivity contribution is -0.277. The molecule has 1 aliphatic heterocycles. The van der Waals surface area contributed by atoms with Crippen LogP contribution in [0.1, 0.15) is 27.7 Å². The van der Waals surface area contributed by atoms with Gasteiger partial charge < -0.3 is 23.7 Å². The standard InChI is InChI=1S/C18H27Cl2NO9/c1-10(22)26-9-14-15(27-11(2)23)16(28-12(3)24)17(29-13(4)25)18(30-14)21(7-5-19)8-6-20/h14-18H,5-9H2,1-4H3/t14-,15-,16+,17-,18?/m1/s1. The fourth-order valence-electron chi connectivity index (χ4n) is 3.08. The Balaban J connectivity index is 3.41. The van der Waals surface area contributed by atoms with Gasteiger partial charge in [0.15, 0.2) is 24.5 Å². The molecular weight excluding hydrogens is 445 g/mol. The van der Waals surface area contributed by atoms with Crippen LogP contribution in [-0.4, -0.2) is 90.9 Å². The van der Waals surface area contributed by atoms with Crippen molar-refractivity contribution in [3.8, 4) is 0 Å². The maximum atomic E-state index is 11.8. The van der Waals surface area contributed by atoms with Gasteiger partial charge in [-0.25, -0.2) is 0 Å². The van der Waals surface area contributed by atoms with E-state index in [1.807, 2.05) is 0 Å². The summed E-state index contributed by atoms with van der Waals surface area (Å²) in [5, 5.41) is 0. The van der Waals surface area contributed by atoms with Crippen LogP contribution in [0.4, 0.5) is 0 Å². The van der Waals surface area contributed by atoms with Gasteiger partial charge in [-0.1, -0.05) is 0 Å². The highest BCUT2D eigenvalue weighted by Crippen LogP contribution is 2.31. The Hall–Kier alpha value is -1.62. The van der Waals surface area contributed by atoms with E-state index >= 15 is 0 Å². The van der Waals surface area contributed by atoms with Crippen molar-refractivity contribution in [3.05, 3.63) is 0 Å². The first-order valence-corrected chi connectivity index (χ1v) is 10.3. The first-order chi connectivity index (χ1) is 14.1. The number of esters is 4. The van der Waals surface area contributed by atoms with Gasteiger partial charge in [0.05, 0.1) is 0 Å². The number of halogens is 2. The molecular formula is C18H27Cl2NO9. The molecule has 12 heteroatoms. The number of carbonyl (C=O) groups excluding carboxylic acids is 4. The van der Waals surface area contributed by atoms with Gasteiger partial charge >= 0.3 is 23.9 Å². The maximum Gasteiger partial charge on any atom is 0.303 e. The summed E-state index contributed by atoms with van der Waals surface area (Å²) in [4.78, 5) is 48.3. The molecule has 1 aliphatic rings. The largest absolute Gasteiger partial charge is 0.463 e. The Morgan fingerprint density at radius 2 is 1.23 bits per heavy atom. The number of rotatable bonds is 10. The number of alkyl halides is 2. The Morgan fingerprint density at radius 3 is 1.67 bits per heavy atom. The molecule has 0 aromatic heterocycles. The first-order valence-electron chi connectivity index (χ1n) is 9.27. The molecule has 0 aromatic carbocycles. The van der Waals surface area contributed by atoms with Crippen molar-refractivity contribution in [2.75, 3.05) is 31.5 Å². The summed E-state index contributed by atoms with van der Waals surface area (Å²) in [6.07, 6.45) is -5.53. The van der Waals surface area contributed by atoms with Crippen LogP contribution >= 0.6 is 23.2 Å². The highest BCUT2D eigenvalue weighted by atomic mass is 35.5. The highest BCUT2D eigenvalue weighted by Gasteiger charge is 2.53. The van der Waals surface area contributed by atoms with Crippen LogP contribution in [0.15, 0.2) is 0 Å². The number of hydrogen-bond donors (Lipinski definition) is 0. The molecule has 10 nitrogen and oxygen atoms in total. The lowest BCUT2D eigenvalue weighted by Crippen LogP contribution is -2.66. The van der Waals surface area contributed by atoms with Crippen molar-refractivity contribution < 1.29 is 42.9 Å². The van der Waals surface area contributed by atoms with E-state index in [2.05, 4.69) is 0 Å². The summed E-state index contributed by atoms with van der Waals surface area (Å²) in [7, 11) is 0. The second kappa shape index (κ2) is 12.9. The Labute approximate surface area is 185 Å². The Bertz CT molecular complexity index is 612. The van der Waals surface area contributed by atoms with E-state index in [9.17, 15) is 19.2 Å². The summed E-state index contributed by atoms with van der Waals surface area (Å²) in [5.41, 5.74) is 0. The van der Waals surface area contributed by atoms with E-state index < -0.39 is 54.5 Å². The van der Waals surface area contributed by atoms with Crippen molar-refractivity contribution in [1.82, 2.24) is 4.90 Å². The Kier molecular flexibility index (Phi) is 11.4. The molecule has 1 saturated heterocycles. The van der Waals surface area contributed by atoms with Crippen LogP contribution in [0.3, 0.4) is 0 Å². The van der Waals surface area contributed by atoms with Gasteiger partial charge in [0, 0.05) is 52.5 Å². The molecule has 0 N–H and O–H groups in total. The fraction of sp³-hybridized carbons (Fsp3) is 0.778. The minimum Gasteiger partial charge on any atom is -0.463 e. The van der Waals surface area contributed by atoms with Crippen LogP contribution in [0.5, 0.6) is 0 Å². The van der Waals surface area contributed by atoms with Crippen molar-refractivity contribution in [2.45, 2.75) is 58.3 Å². The van der Waals surface area contributed by atoms with Crippen molar-refractivity contribution in [1.29, 1.82) is 0 Å². The monoisotopic (exact) mass is 471 g/mol. The topological polar surface area (TPSA) is 118 Å². The van der Waals surface area contributed by atoms with Gasteiger partial charge in [-0.15, -0.1) is 23.2 Å². The fourth-order valence-corrected chi connectivity index (χ4v) is 3.52. The number of ether oxygens (including phenoxy) is 5. The smallest absolute Gasteiger partial charge is 0.303 e. The second-order valence-electron chi connectivity index (χ2n) is 6.50. The van der Waals surface area contributed by atoms with E-state index in [-0.39, 0.29) is 18.4 Å². The predicted octanol–water partition coefficient (Wildman–Crippen LogP) is 0.849. The maximum absolute atomic E-state index is 11.8. The normalized spacial score (nSPS) is 26.0.